The van der Waals surface area contributed by atoms with Gasteiger partial charge < -0.3 is 10.2 Å². The second kappa shape index (κ2) is 6.05. The van der Waals surface area contributed by atoms with Gasteiger partial charge in [-0.05, 0) is 30.3 Å². The SMILES string of the molecule is O=C(O)c1ccc(S(=O)(=O)N(F)c2ccccc2)cc1C(=O)O. The van der Waals surface area contributed by atoms with E-state index in [0.29, 0.717) is 6.07 Å². The molecule has 120 valence electrons. The number of carbonyl (C=O) groups is 2. The molecule has 0 aliphatic heterocycles. The minimum Gasteiger partial charge on any atom is -0.478 e. The van der Waals surface area contributed by atoms with Gasteiger partial charge in [0.2, 0.25) is 0 Å². The summed E-state index contributed by atoms with van der Waals surface area (Å²) in [6.45, 7) is 0. The Bertz CT molecular complexity index is 866. The fourth-order valence-electron chi connectivity index (χ4n) is 1.82. The molecule has 0 spiro atoms. The number of carboxylic acid groups (broad SMARTS) is 2. The van der Waals surface area contributed by atoms with E-state index in [0.717, 1.165) is 12.1 Å². The first-order valence-electron chi connectivity index (χ1n) is 6.12. The summed E-state index contributed by atoms with van der Waals surface area (Å²) < 4.78 is 38.1. The van der Waals surface area contributed by atoms with Crippen molar-refractivity contribution in [2.24, 2.45) is 0 Å². The van der Waals surface area contributed by atoms with Crippen molar-refractivity contribution in [2.45, 2.75) is 4.90 Å². The highest BCUT2D eigenvalue weighted by Crippen LogP contribution is 2.25. The highest BCUT2D eigenvalue weighted by molar-refractivity contribution is 7.92. The molecule has 23 heavy (non-hydrogen) atoms. The second-order valence-electron chi connectivity index (χ2n) is 4.37. The quantitative estimate of drug-likeness (QED) is 0.807. The predicted octanol–water partition coefficient (Wildman–Crippen LogP) is 2.16. The van der Waals surface area contributed by atoms with Crippen LogP contribution >= 0.6 is 0 Å². The molecule has 0 aliphatic rings. The van der Waals surface area contributed by atoms with Crippen molar-refractivity contribution < 1.29 is 32.7 Å². The third-order valence-corrected chi connectivity index (χ3v) is 4.40. The number of anilines is 1. The van der Waals surface area contributed by atoms with E-state index >= 15 is 0 Å². The summed E-state index contributed by atoms with van der Waals surface area (Å²) in [4.78, 5) is 21.4. The van der Waals surface area contributed by atoms with E-state index in [-0.39, 0.29) is 5.69 Å². The van der Waals surface area contributed by atoms with E-state index in [1.54, 1.807) is 6.07 Å². The molecule has 7 nitrogen and oxygen atoms in total. The number of carboxylic acids is 2. The maximum absolute atomic E-state index is 14.2. The van der Waals surface area contributed by atoms with Gasteiger partial charge in [-0.25, -0.2) is 9.59 Å². The number of aromatic carboxylic acids is 2. The number of hydrogen-bond donors (Lipinski definition) is 2. The first-order valence-corrected chi connectivity index (χ1v) is 7.56. The molecule has 0 saturated carbocycles. The van der Waals surface area contributed by atoms with Crippen LogP contribution in [0, 0.1) is 0 Å². The van der Waals surface area contributed by atoms with Crippen LogP contribution in [0.3, 0.4) is 0 Å². The van der Waals surface area contributed by atoms with Gasteiger partial charge in [0.25, 0.3) is 10.0 Å². The molecule has 9 heteroatoms. The molecule has 0 fully saturated rings. The minimum atomic E-state index is -4.68. The average Bonchev–Trinajstić information content (AvgIpc) is 2.54. The van der Waals surface area contributed by atoms with Crippen molar-refractivity contribution in [2.75, 3.05) is 4.53 Å². The van der Waals surface area contributed by atoms with E-state index in [1.807, 2.05) is 0 Å². The lowest BCUT2D eigenvalue weighted by Crippen LogP contribution is -2.23. The van der Waals surface area contributed by atoms with Gasteiger partial charge in [-0.1, -0.05) is 27.2 Å². The monoisotopic (exact) mass is 339 g/mol. The summed E-state index contributed by atoms with van der Waals surface area (Å²) in [6, 6.07) is 9.08. The van der Waals surface area contributed by atoms with E-state index in [9.17, 15) is 22.5 Å². The van der Waals surface area contributed by atoms with Gasteiger partial charge in [0.15, 0.2) is 0 Å². The lowest BCUT2D eigenvalue weighted by Gasteiger charge is -2.15. The Morgan fingerprint density at radius 2 is 1.48 bits per heavy atom. The summed E-state index contributed by atoms with van der Waals surface area (Å²) in [5.41, 5.74) is -1.62. The highest BCUT2D eigenvalue weighted by Gasteiger charge is 2.28. The fourth-order valence-corrected chi connectivity index (χ4v) is 2.91. The van der Waals surface area contributed by atoms with E-state index in [4.69, 9.17) is 10.2 Å². The first-order chi connectivity index (χ1) is 10.7. The van der Waals surface area contributed by atoms with Crippen molar-refractivity contribution in [1.82, 2.24) is 0 Å². The minimum absolute atomic E-state index is 0.272. The molecule has 0 aliphatic carbocycles. The molecule has 0 heterocycles. The first kappa shape index (κ1) is 16.4. The van der Waals surface area contributed by atoms with Gasteiger partial charge in [0.1, 0.15) is 0 Å². The lowest BCUT2D eigenvalue weighted by molar-refractivity contribution is 0.0651. The number of rotatable bonds is 5. The van der Waals surface area contributed by atoms with Crippen LogP contribution in [0.25, 0.3) is 0 Å². The molecule has 2 aromatic carbocycles. The molecule has 2 aromatic rings. The molecule has 2 rings (SSSR count). The molecular weight excluding hydrogens is 329 g/mol. The van der Waals surface area contributed by atoms with Crippen molar-refractivity contribution in [3.05, 3.63) is 59.7 Å². The van der Waals surface area contributed by atoms with Crippen LogP contribution in [0.4, 0.5) is 10.2 Å². The molecule has 0 aromatic heterocycles. The highest BCUT2D eigenvalue weighted by atomic mass is 32.2. The van der Waals surface area contributed by atoms with Gasteiger partial charge in [-0.3, -0.25) is 0 Å². The zero-order chi connectivity index (χ0) is 17.2. The standard InChI is InChI=1S/C14H10FNO6S/c15-16(9-4-2-1-3-5-9)23(21,22)10-6-7-11(13(17)18)12(8-10)14(19)20/h1-8H,(H,17,18)(H,19,20). The summed E-state index contributed by atoms with van der Waals surface area (Å²) in [5.74, 6) is -3.17. The van der Waals surface area contributed by atoms with Crippen LogP contribution in [0.1, 0.15) is 20.7 Å². The Kier molecular flexibility index (Phi) is 4.32. The molecule has 0 unspecified atom stereocenters. The largest absolute Gasteiger partial charge is 0.478 e. The normalized spacial score (nSPS) is 11.0. The maximum Gasteiger partial charge on any atom is 0.336 e. The zero-order valence-electron chi connectivity index (χ0n) is 11.4. The molecular formula is C14H10FNO6S. The molecule has 0 saturated heterocycles. The number of hydrogen-bond acceptors (Lipinski definition) is 4. The van der Waals surface area contributed by atoms with Crippen LogP contribution in [-0.2, 0) is 10.0 Å². The lowest BCUT2D eigenvalue weighted by atomic mass is 10.1. The number of sulfonamides is 1. The van der Waals surface area contributed by atoms with E-state index in [1.165, 1.54) is 24.3 Å². The fraction of sp³-hybridized carbons (Fsp3) is 0. The molecule has 0 atom stereocenters. The van der Waals surface area contributed by atoms with Crippen molar-refractivity contribution in [3.63, 3.8) is 0 Å². The predicted molar refractivity (Wildman–Crippen MR) is 77.6 cm³/mol. The van der Waals surface area contributed by atoms with Crippen LogP contribution in [-0.4, -0.2) is 30.6 Å². The number of benzene rings is 2. The Labute approximate surface area is 130 Å². The van der Waals surface area contributed by atoms with Crippen LogP contribution in [0.5, 0.6) is 0 Å². The Hall–Kier alpha value is -2.94. The van der Waals surface area contributed by atoms with Crippen molar-refractivity contribution >= 4 is 27.6 Å². The number of halogens is 1. The Morgan fingerprint density at radius 3 is 2.00 bits per heavy atom. The molecule has 0 bridgehead atoms. The summed E-state index contributed by atoms with van der Waals surface area (Å²) in [7, 11) is -4.68. The summed E-state index contributed by atoms with van der Waals surface area (Å²) in [5, 5.41) is 17.9. The van der Waals surface area contributed by atoms with Crippen molar-refractivity contribution in [1.29, 1.82) is 0 Å². The third-order valence-electron chi connectivity index (χ3n) is 2.92. The molecule has 2 N–H and O–H groups in total. The number of para-hydroxylation sites is 1. The second-order valence-corrected chi connectivity index (χ2v) is 6.12. The van der Waals surface area contributed by atoms with E-state index < -0.39 is 42.5 Å². The van der Waals surface area contributed by atoms with Crippen LogP contribution < -0.4 is 4.53 Å². The van der Waals surface area contributed by atoms with Gasteiger partial charge in [-0.2, -0.15) is 8.42 Å². The zero-order valence-corrected chi connectivity index (χ0v) is 12.2. The van der Waals surface area contributed by atoms with Crippen molar-refractivity contribution in [3.8, 4) is 0 Å². The average molecular weight is 339 g/mol. The van der Waals surface area contributed by atoms with Crippen LogP contribution in [0.2, 0.25) is 0 Å². The Morgan fingerprint density at radius 1 is 0.913 bits per heavy atom. The molecule has 0 radical (unpaired) electrons. The van der Waals surface area contributed by atoms with Gasteiger partial charge in [0.05, 0.1) is 21.7 Å². The Balaban J connectivity index is 2.55. The maximum atomic E-state index is 14.2. The van der Waals surface area contributed by atoms with Gasteiger partial charge >= 0.3 is 11.9 Å². The summed E-state index contributed by atoms with van der Waals surface area (Å²) >= 11 is 0. The van der Waals surface area contributed by atoms with Crippen LogP contribution in [0.15, 0.2) is 53.4 Å². The van der Waals surface area contributed by atoms with Gasteiger partial charge in [-0.15, -0.1) is 0 Å². The van der Waals surface area contributed by atoms with E-state index in [2.05, 4.69) is 0 Å². The third kappa shape index (κ3) is 3.14. The smallest absolute Gasteiger partial charge is 0.336 e. The molecule has 0 amide bonds. The summed E-state index contributed by atoms with van der Waals surface area (Å²) in [6.07, 6.45) is 0. The topological polar surface area (TPSA) is 112 Å². The number of nitrogens with zero attached hydrogens (tertiary/aromatic N) is 1. The van der Waals surface area contributed by atoms with Gasteiger partial charge in [0, 0.05) is 0 Å².